The second-order valence-electron chi connectivity index (χ2n) is 5.45. The molecule has 25 heavy (non-hydrogen) atoms. The van der Waals surface area contributed by atoms with E-state index in [1.807, 2.05) is 54.0 Å². The summed E-state index contributed by atoms with van der Waals surface area (Å²) in [5, 5.41) is 12.0. The zero-order valence-corrected chi connectivity index (χ0v) is 16.0. The van der Waals surface area contributed by atoms with Gasteiger partial charge in [-0.25, -0.2) is 0 Å². The second-order valence-corrected chi connectivity index (χ2v) is 7.30. The van der Waals surface area contributed by atoms with Crippen molar-refractivity contribution in [2.24, 2.45) is 0 Å². The molecule has 0 saturated heterocycles. The molecule has 3 rings (SSSR count). The Hall–Kier alpha value is -2.12. The standard InChI is InChI=1S/C18H17BrN4OS/c1-13-21-22-18(23(13)11-14-5-3-2-4-6-14)25-12-17(24)20-16-9-7-15(19)8-10-16/h2-10H,11-12H2,1H3,(H,20,24). The van der Waals surface area contributed by atoms with E-state index >= 15 is 0 Å². The third-order valence-electron chi connectivity index (χ3n) is 3.55. The summed E-state index contributed by atoms with van der Waals surface area (Å²) in [6, 6.07) is 17.6. The van der Waals surface area contributed by atoms with Crippen LogP contribution in [-0.4, -0.2) is 26.4 Å². The van der Waals surface area contributed by atoms with Crippen LogP contribution in [0.5, 0.6) is 0 Å². The fraction of sp³-hybridized carbons (Fsp3) is 0.167. The van der Waals surface area contributed by atoms with E-state index in [2.05, 4.69) is 43.6 Å². The number of anilines is 1. The van der Waals surface area contributed by atoms with Gasteiger partial charge in [0.15, 0.2) is 5.16 Å². The maximum absolute atomic E-state index is 12.1. The SMILES string of the molecule is Cc1nnc(SCC(=O)Nc2ccc(Br)cc2)n1Cc1ccccc1. The fourth-order valence-electron chi connectivity index (χ4n) is 2.28. The number of halogens is 1. The quantitative estimate of drug-likeness (QED) is 0.613. The molecule has 1 aromatic heterocycles. The highest BCUT2D eigenvalue weighted by Gasteiger charge is 2.12. The van der Waals surface area contributed by atoms with Gasteiger partial charge in [0.1, 0.15) is 5.82 Å². The van der Waals surface area contributed by atoms with Crippen LogP contribution in [0.4, 0.5) is 5.69 Å². The minimum Gasteiger partial charge on any atom is -0.325 e. The average Bonchev–Trinajstić information content (AvgIpc) is 2.96. The van der Waals surface area contributed by atoms with E-state index in [4.69, 9.17) is 0 Å². The van der Waals surface area contributed by atoms with Gasteiger partial charge in [-0.2, -0.15) is 0 Å². The lowest BCUT2D eigenvalue weighted by Gasteiger charge is -2.09. The molecule has 0 unspecified atom stereocenters. The van der Waals surface area contributed by atoms with Crippen molar-refractivity contribution < 1.29 is 4.79 Å². The van der Waals surface area contributed by atoms with Crippen molar-refractivity contribution in [3.63, 3.8) is 0 Å². The van der Waals surface area contributed by atoms with Gasteiger partial charge in [-0.05, 0) is 36.8 Å². The second kappa shape index (κ2) is 8.31. The molecule has 0 atom stereocenters. The molecule has 0 radical (unpaired) electrons. The van der Waals surface area contributed by atoms with Crippen LogP contribution in [0.25, 0.3) is 0 Å². The number of aromatic nitrogens is 3. The molecule has 5 nitrogen and oxygen atoms in total. The molecule has 2 aromatic carbocycles. The molecule has 0 aliphatic heterocycles. The molecule has 3 aromatic rings. The first-order valence-electron chi connectivity index (χ1n) is 7.74. The van der Waals surface area contributed by atoms with Crippen LogP contribution in [0.1, 0.15) is 11.4 Å². The van der Waals surface area contributed by atoms with Crippen molar-refractivity contribution in [1.29, 1.82) is 0 Å². The summed E-state index contributed by atoms with van der Waals surface area (Å²) in [6.07, 6.45) is 0. The van der Waals surface area contributed by atoms with Crippen molar-refractivity contribution >= 4 is 39.3 Å². The number of thioether (sulfide) groups is 1. The maximum atomic E-state index is 12.1. The van der Waals surface area contributed by atoms with Gasteiger partial charge in [-0.15, -0.1) is 10.2 Å². The predicted molar refractivity (Wildman–Crippen MR) is 104 cm³/mol. The Morgan fingerprint density at radius 2 is 1.84 bits per heavy atom. The Labute approximate surface area is 159 Å². The first-order chi connectivity index (χ1) is 12.1. The van der Waals surface area contributed by atoms with Crippen LogP contribution < -0.4 is 5.32 Å². The van der Waals surface area contributed by atoms with Gasteiger partial charge in [-0.3, -0.25) is 4.79 Å². The number of carbonyl (C=O) groups excluding carboxylic acids is 1. The van der Waals surface area contributed by atoms with Gasteiger partial charge in [0.2, 0.25) is 5.91 Å². The number of hydrogen-bond acceptors (Lipinski definition) is 4. The van der Waals surface area contributed by atoms with Gasteiger partial charge >= 0.3 is 0 Å². The molecule has 0 saturated carbocycles. The van der Waals surface area contributed by atoms with E-state index in [9.17, 15) is 4.79 Å². The van der Waals surface area contributed by atoms with Gasteiger partial charge in [0.25, 0.3) is 0 Å². The summed E-state index contributed by atoms with van der Waals surface area (Å²) in [5.74, 6) is 1.04. The van der Waals surface area contributed by atoms with Crippen molar-refractivity contribution in [2.45, 2.75) is 18.6 Å². The fourth-order valence-corrected chi connectivity index (χ4v) is 3.32. The van der Waals surface area contributed by atoms with E-state index in [0.717, 1.165) is 21.1 Å². The van der Waals surface area contributed by atoms with Gasteiger partial charge < -0.3 is 9.88 Å². The number of nitrogens with zero attached hydrogens (tertiary/aromatic N) is 3. The summed E-state index contributed by atoms with van der Waals surface area (Å²) < 4.78 is 3.00. The van der Waals surface area contributed by atoms with Gasteiger partial charge in [0.05, 0.1) is 12.3 Å². The van der Waals surface area contributed by atoms with Crippen molar-refractivity contribution in [2.75, 3.05) is 11.1 Å². The number of hydrogen-bond donors (Lipinski definition) is 1. The summed E-state index contributed by atoms with van der Waals surface area (Å²) in [5.41, 5.74) is 1.95. The number of aryl methyl sites for hydroxylation is 1. The zero-order chi connectivity index (χ0) is 17.6. The van der Waals surface area contributed by atoms with Gasteiger partial charge in [-0.1, -0.05) is 58.0 Å². The van der Waals surface area contributed by atoms with Crippen LogP contribution in [0, 0.1) is 6.92 Å². The number of carbonyl (C=O) groups is 1. The molecule has 0 aliphatic rings. The normalized spacial score (nSPS) is 10.6. The summed E-state index contributed by atoms with van der Waals surface area (Å²) in [4.78, 5) is 12.1. The molecule has 1 heterocycles. The molecule has 7 heteroatoms. The Bertz CT molecular complexity index is 849. The molecule has 0 aliphatic carbocycles. The van der Waals surface area contributed by atoms with E-state index in [0.29, 0.717) is 6.54 Å². The lowest BCUT2D eigenvalue weighted by atomic mass is 10.2. The van der Waals surface area contributed by atoms with E-state index in [1.165, 1.54) is 17.3 Å². The molecule has 0 fully saturated rings. The van der Waals surface area contributed by atoms with Crippen LogP contribution in [0.3, 0.4) is 0 Å². The van der Waals surface area contributed by atoms with Crippen LogP contribution >= 0.6 is 27.7 Å². The molecule has 128 valence electrons. The Balaban J connectivity index is 1.61. The van der Waals surface area contributed by atoms with Crippen molar-refractivity contribution in [3.05, 3.63) is 70.5 Å². The zero-order valence-electron chi connectivity index (χ0n) is 13.6. The lowest BCUT2D eigenvalue weighted by Crippen LogP contribution is -2.14. The van der Waals surface area contributed by atoms with Crippen LogP contribution in [0.2, 0.25) is 0 Å². The highest BCUT2D eigenvalue weighted by molar-refractivity contribution is 9.10. The highest BCUT2D eigenvalue weighted by atomic mass is 79.9. The molecule has 0 bridgehead atoms. The predicted octanol–water partition coefficient (Wildman–Crippen LogP) is 4.13. The minimum atomic E-state index is -0.0702. The van der Waals surface area contributed by atoms with Crippen LogP contribution in [0.15, 0.2) is 64.2 Å². The largest absolute Gasteiger partial charge is 0.325 e. The topological polar surface area (TPSA) is 59.8 Å². The highest BCUT2D eigenvalue weighted by Crippen LogP contribution is 2.19. The van der Waals surface area contributed by atoms with Crippen LogP contribution in [-0.2, 0) is 11.3 Å². The number of rotatable bonds is 6. The monoisotopic (exact) mass is 416 g/mol. The number of benzene rings is 2. The Morgan fingerprint density at radius 1 is 1.12 bits per heavy atom. The number of nitrogens with one attached hydrogen (secondary N) is 1. The smallest absolute Gasteiger partial charge is 0.234 e. The average molecular weight is 417 g/mol. The maximum Gasteiger partial charge on any atom is 0.234 e. The molecular formula is C18H17BrN4OS. The first-order valence-corrected chi connectivity index (χ1v) is 9.51. The Morgan fingerprint density at radius 3 is 2.56 bits per heavy atom. The molecule has 0 spiro atoms. The molecular weight excluding hydrogens is 400 g/mol. The van der Waals surface area contributed by atoms with Crippen molar-refractivity contribution in [3.8, 4) is 0 Å². The third-order valence-corrected chi connectivity index (χ3v) is 5.04. The first kappa shape index (κ1) is 17.7. The molecule has 1 amide bonds. The molecule has 1 N–H and O–H groups in total. The summed E-state index contributed by atoms with van der Waals surface area (Å²) in [6.45, 7) is 2.61. The Kier molecular flexibility index (Phi) is 5.88. The van der Waals surface area contributed by atoms with Gasteiger partial charge in [0, 0.05) is 10.2 Å². The summed E-state index contributed by atoms with van der Waals surface area (Å²) in [7, 11) is 0. The van der Waals surface area contributed by atoms with E-state index in [-0.39, 0.29) is 11.7 Å². The van der Waals surface area contributed by atoms with E-state index in [1.54, 1.807) is 0 Å². The lowest BCUT2D eigenvalue weighted by molar-refractivity contribution is -0.113. The minimum absolute atomic E-state index is 0.0702. The van der Waals surface area contributed by atoms with Crippen molar-refractivity contribution in [1.82, 2.24) is 14.8 Å². The third kappa shape index (κ3) is 4.93. The van der Waals surface area contributed by atoms with E-state index < -0.39 is 0 Å². The summed E-state index contributed by atoms with van der Waals surface area (Å²) >= 11 is 4.76. The number of amides is 1.